The summed E-state index contributed by atoms with van der Waals surface area (Å²) >= 11 is 0. The lowest BCUT2D eigenvalue weighted by molar-refractivity contribution is -0.141. The van der Waals surface area contributed by atoms with Crippen LogP contribution >= 0.6 is 0 Å². The number of aliphatic carboxylic acids is 1. The Bertz CT molecular complexity index is 703. The Kier molecular flexibility index (Phi) is 3.41. The van der Waals surface area contributed by atoms with Crippen molar-refractivity contribution in [3.63, 3.8) is 0 Å². The lowest BCUT2D eigenvalue weighted by atomic mass is 10.1. The molecule has 1 aromatic heterocycles. The second kappa shape index (κ2) is 5.24. The van der Waals surface area contributed by atoms with Crippen LogP contribution in [0.2, 0.25) is 0 Å². The molecule has 0 aliphatic carbocycles. The molecule has 3 rings (SSSR count). The molecule has 1 aliphatic rings. The number of carboxylic acids is 1. The van der Waals surface area contributed by atoms with E-state index in [4.69, 9.17) is 4.42 Å². The molecular weight excluding hydrogens is 270 g/mol. The van der Waals surface area contributed by atoms with E-state index < -0.39 is 12.0 Å². The number of carbonyl (C=O) groups excluding carboxylic acids is 1. The first kappa shape index (κ1) is 13.7. The van der Waals surface area contributed by atoms with Crippen molar-refractivity contribution in [1.29, 1.82) is 0 Å². The van der Waals surface area contributed by atoms with E-state index in [1.165, 1.54) is 11.2 Å². The average Bonchev–Trinajstić information content (AvgIpc) is 3.12. The van der Waals surface area contributed by atoms with Gasteiger partial charge in [-0.25, -0.2) is 4.79 Å². The SMILES string of the molecule is CCc1ccc2occ(C(=O)N3CCC[C@@H]3C(=O)O)c2c1. The molecule has 110 valence electrons. The van der Waals surface area contributed by atoms with Crippen molar-refractivity contribution < 1.29 is 19.1 Å². The van der Waals surface area contributed by atoms with E-state index in [2.05, 4.69) is 0 Å². The number of carboxylic acid groups (broad SMARTS) is 1. The van der Waals surface area contributed by atoms with Crippen molar-refractivity contribution in [2.24, 2.45) is 0 Å². The van der Waals surface area contributed by atoms with E-state index in [1.807, 2.05) is 25.1 Å². The Morgan fingerprint density at radius 1 is 1.43 bits per heavy atom. The maximum atomic E-state index is 12.6. The Morgan fingerprint density at radius 2 is 2.24 bits per heavy atom. The van der Waals surface area contributed by atoms with Crippen LogP contribution in [0.25, 0.3) is 11.0 Å². The number of furan rings is 1. The number of amides is 1. The van der Waals surface area contributed by atoms with Crippen LogP contribution in [-0.2, 0) is 11.2 Å². The van der Waals surface area contributed by atoms with Crippen molar-refractivity contribution >= 4 is 22.8 Å². The van der Waals surface area contributed by atoms with Crippen molar-refractivity contribution in [2.75, 3.05) is 6.54 Å². The fourth-order valence-corrected chi connectivity index (χ4v) is 2.88. The lowest BCUT2D eigenvalue weighted by Gasteiger charge is -2.20. The molecule has 0 saturated carbocycles. The summed E-state index contributed by atoms with van der Waals surface area (Å²) in [4.78, 5) is 25.3. The van der Waals surface area contributed by atoms with Crippen molar-refractivity contribution in [1.82, 2.24) is 4.90 Å². The van der Waals surface area contributed by atoms with Crippen LogP contribution in [0.5, 0.6) is 0 Å². The third kappa shape index (κ3) is 2.28. The fourth-order valence-electron chi connectivity index (χ4n) is 2.88. The van der Waals surface area contributed by atoms with Gasteiger partial charge in [-0.15, -0.1) is 0 Å². The second-order valence-corrected chi connectivity index (χ2v) is 5.33. The average molecular weight is 287 g/mol. The van der Waals surface area contributed by atoms with Gasteiger partial charge in [-0.3, -0.25) is 4.79 Å². The number of benzene rings is 1. The van der Waals surface area contributed by atoms with E-state index in [0.717, 1.165) is 23.8 Å². The monoisotopic (exact) mass is 287 g/mol. The lowest BCUT2D eigenvalue weighted by Crippen LogP contribution is -2.40. The van der Waals surface area contributed by atoms with E-state index >= 15 is 0 Å². The highest BCUT2D eigenvalue weighted by Crippen LogP contribution is 2.27. The quantitative estimate of drug-likeness (QED) is 0.942. The van der Waals surface area contributed by atoms with Crippen molar-refractivity contribution in [3.05, 3.63) is 35.6 Å². The van der Waals surface area contributed by atoms with Crippen LogP contribution < -0.4 is 0 Å². The molecule has 1 aromatic carbocycles. The fraction of sp³-hybridized carbons (Fsp3) is 0.375. The van der Waals surface area contributed by atoms with Gasteiger partial charge in [-0.05, 0) is 37.0 Å². The zero-order valence-electron chi connectivity index (χ0n) is 11.8. The molecule has 1 aliphatic heterocycles. The largest absolute Gasteiger partial charge is 0.480 e. The minimum atomic E-state index is -0.942. The summed E-state index contributed by atoms with van der Waals surface area (Å²) in [6.07, 6.45) is 3.54. The van der Waals surface area contributed by atoms with Crippen LogP contribution in [0.4, 0.5) is 0 Å². The van der Waals surface area contributed by atoms with Crippen LogP contribution in [0, 0.1) is 0 Å². The van der Waals surface area contributed by atoms with Gasteiger partial charge in [0.05, 0.1) is 5.56 Å². The Balaban J connectivity index is 1.99. The maximum absolute atomic E-state index is 12.6. The molecule has 1 saturated heterocycles. The van der Waals surface area contributed by atoms with Crippen molar-refractivity contribution in [3.8, 4) is 0 Å². The van der Waals surface area contributed by atoms with Gasteiger partial charge in [-0.1, -0.05) is 13.0 Å². The van der Waals surface area contributed by atoms with Crippen LogP contribution in [0.15, 0.2) is 28.9 Å². The van der Waals surface area contributed by atoms with Gasteiger partial charge in [0.15, 0.2) is 0 Å². The molecule has 0 spiro atoms. The van der Waals surface area contributed by atoms with Crippen LogP contribution in [-0.4, -0.2) is 34.5 Å². The Morgan fingerprint density at radius 3 is 2.95 bits per heavy atom. The number of carbonyl (C=O) groups is 2. The molecule has 0 unspecified atom stereocenters. The summed E-state index contributed by atoms with van der Waals surface area (Å²) in [6.45, 7) is 2.53. The van der Waals surface area contributed by atoms with E-state index in [9.17, 15) is 14.7 Å². The van der Waals surface area contributed by atoms with Gasteiger partial charge in [-0.2, -0.15) is 0 Å². The van der Waals surface area contributed by atoms with Gasteiger partial charge in [0, 0.05) is 11.9 Å². The van der Waals surface area contributed by atoms with Gasteiger partial charge < -0.3 is 14.4 Å². The molecule has 1 N–H and O–H groups in total. The summed E-state index contributed by atoms with van der Waals surface area (Å²) in [5, 5.41) is 9.97. The minimum absolute atomic E-state index is 0.257. The van der Waals surface area contributed by atoms with E-state index in [0.29, 0.717) is 24.1 Å². The number of nitrogens with zero attached hydrogens (tertiary/aromatic N) is 1. The van der Waals surface area contributed by atoms with Crippen molar-refractivity contribution in [2.45, 2.75) is 32.2 Å². The summed E-state index contributed by atoms with van der Waals surface area (Å²) in [7, 11) is 0. The molecule has 1 amide bonds. The second-order valence-electron chi connectivity index (χ2n) is 5.33. The maximum Gasteiger partial charge on any atom is 0.326 e. The zero-order chi connectivity index (χ0) is 15.0. The summed E-state index contributed by atoms with van der Waals surface area (Å²) < 4.78 is 5.43. The minimum Gasteiger partial charge on any atom is -0.480 e. The summed E-state index contributed by atoms with van der Waals surface area (Å²) in [5.74, 6) is -1.20. The van der Waals surface area contributed by atoms with Gasteiger partial charge in [0.1, 0.15) is 17.9 Å². The number of rotatable bonds is 3. The topological polar surface area (TPSA) is 70.8 Å². The Labute approximate surface area is 122 Å². The standard InChI is InChI=1S/C16H17NO4/c1-2-10-5-6-14-11(8-10)12(9-21-14)15(18)17-7-3-4-13(17)16(19)20/h5-6,8-9,13H,2-4,7H2,1H3,(H,19,20)/t13-/m1/s1. The predicted octanol–water partition coefficient (Wildman–Crippen LogP) is 2.68. The van der Waals surface area contributed by atoms with E-state index in [-0.39, 0.29) is 5.91 Å². The van der Waals surface area contributed by atoms with Gasteiger partial charge in [0.25, 0.3) is 5.91 Å². The molecule has 0 bridgehead atoms. The molecule has 1 atom stereocenters. The van der Waals surface area contributed by atoms with E-state index in [1.54, 1.807) is 0 Å². The van der Waals surface area contributed by atoms with Gasteiger partial charge >= 0.3 is 5.97 Å². The number of hydrogen-bond donors (Lipinski definition) is 1. The first-order chi connectivity index (χ1) is 10.1. The molecule has 1 fully saturated rings. The summed E-state index contributed by atoms with van der Waals surface area (Å²) in [5.41, 5.74) is 2.23. The molecule has 21 heavy (non-hydrogen) atoms. The summed E-state index contributed by atoms with van der Waals surface area (Å²) in [6, 6.07) is 5.04. The Hall–Kier alpha value is -2.30. The van der Waals surface area contributed by atoms with Crippen LogP contribution in [0.3, 0.4) is 0 Å². The molecular formula is C16H17NO4. The molecule has 5 heteroatoms. The normalized spacial score (nSPS) is 18.3. The highest BCUT2D eigenvalue weighted by atomic mass is 16.4. The van der Waals surface area contributed by atoms with Crippen LogP contribution in [0.1, 0.15) is 35.7 Å². The number of aryl methyl sites for hydroxylation is 1. The molecule has 2 heterocycles. The molecule has 0 radical (unpaired) electrons. The highest BCUT2D eigenvalue weighted by Gasteiger charge is 2.35. The van der Waals surface area contributed by atoms with Gasteiger partial charge in [0.2, 0.25) is 0 Å². The first-order valence-corrected chi connectivity index (χ1v) is 7.15. The third-order valence-electron chi connectivity index (χ3n) is 4.08. The number of hydrogen-bond acceptors (Lipinski definition) is 3. The third-order valence-corrected chi connectivity index (χ3v) is 4.08. The molecule has 5 nitrogen and oxygen atoms in total. The highest BCUT2D eigenvalue weighted by molar-refractivity contribution is 6.07. The molecule has 2 aromatic rings. The predicted molar refractivity (Wildman–Crippen MR) is 77.3 cm³/mol. The number of likely N-dealkylation sites (tertiary alicyclic amines) is 1. The smallest absolute Gasteiger partial charge is 0.326 e. The zero-order valence-corrected chi connectivity index (χ0v) is 11.8. The first-order valence-electron chi connectivity index (χ1n) is 7.15. The number of fused-ring (bicyclic) bond motifs is 1.